The van der Waals surface area contributed by atoms with Crippen LogP contribution >= 0.6 is 0 Å². The molecule has 1 fully saturated rings. The third kappa shape index (κ3) is 5.05. The van der Waals surface area contributed by atoms with Crippen molar-refractivity contribution in [1.29, 1.82) is 0 Å². The van der Waals surface area contributed by atoms with Crippen LogP contribution in [0.15, 0.2) is 66.9 Å². The summed E-state index contributed by atoms with van der Waals surface area (Å²) in [6, 6.07) is 19.8. The van der Waals surface area contributed by atoms with E-state index in [2.05, 4.69) is 51.5 Å². The standard InChI is InChI=1S/C25H28N6O2S/c1-29-14-16-30(17-15-29)22-11-9-21(10-12-22)26-25-27-24-23(4-3-13-31(24)28-25)20-7-5-19(6-8-20)18-34(2,32)33/h3-13H,14-18H2,1-2H3,(H,26,28). The molecule has 176 valence electrons. The van der Waals surface area contributed by atoms with Crippen molar-refractivity contribution in [3.63, 3.8) is 0 Å². The largest absolute Gasteiger partial charge is 0.369 e. The summed E-state index contributed by atoms with van der Waals surface area (Å²) < 4.78 is 24.9. The number of likely N-dealkylation sites (N-methyl/N-ethyl adjacent to an activating group) is 1. The third-order valence-electron chi connectivity index (χ3n) is 6.05. The van der Waals surface area contributed by atoms with Gasteiger partial charge >= 0.3 is 0 Å². The summed E-state index contributed by atoms with van der Waals surface area (Å²) in [5, 5.41) is 7.89. The molecule has 3 heterocycles. The summed E-state index contributed by atoms with van der Waals surface area (Å²) >= 11 is 0. The molecular formula is C25H28N6O2S. The Morgan fingerprint density at radius 1 is 0.941 bits per heavy atom. The molecule has 1 aliphatic heterocycles. The molecule has 34 heavy (non-hydrogen) atoms. The van der Waals surface area contributed by atoms with Gasteiger partial charge in [-0.1, -0.05) is 24.3 Å². The van der Waals surface area contributed by atoms with Gasteiger partial charge in [0.2, 0.25) is 5.95 Å². The van der Waals surface area contributed by atoms with Gasteiger partial charge in [-0.05, 0) is 54.6 Å². The van der Waals surface area contributed by atoms with Crippen LogP contribution < -0.4 is 10.2 Å². The molecule has 0 amide bonds. The van der Waals surface area contributed by atoms with Crippen LogP contribution in [0.5, 0.6) is 0 Å². The summed E-state index contributed by atoms with van der Waals surface area (Å²) in [7, 11) is -0.908. The van der Waals surface area contributed by atoms with E-state index in [9.17, 15) is 8.42 Å². The van der Waals surface area contributed by atoms with Gasteiger partial charge in [-0.15, -0.1) is 5.10 Å². The van der Waals surface area contributed by atoms with Crippen molar-refractivity contribution in [2.45, 2.75) is 5.75 Å². The molecule has 1 aliphatic rings. The lowest BCUT2D eigenvalue weighted by Gasteiger charge is -2.34. The quantitative estimate of drug-likeness (QED) is 0.456. The topological polar surface area (TPSA) is 82.8 Å². The average Bonchev–Trinajstić information content (AvgIpc) is 3.22. The van der Waals surface area contributed by atoms with Crippen LogP contribution in [0.3, 0.4) is 0 Å². The second-order valence-electron chi connectivity index (χ2n) is 8.85. The van der Waals surface area contributed by atoms with Gasteiger partial charge in [0.25, 0.3) is 0 Å². The minimum Gasteiger partial charge on any atom is -0.369 e. The van der Waals surface area contributed by atoms with Crippen LogP contribution in [-0.4, -0.2) is 67.4 Å². The van der Waals surface area contributed by atoms with Crippen LogP contribution in [0, 0.1) is 0 Å². The van der Waals surface area contributed by atoms with Crippen molar-refractivity contribution >= 4 is 32.8 Å². The van der Waals surface area contributed by atoms with Crippen molar-refractivity contribution in [1.82, 2.24) is 19.5 Å². The zero-order valence-corrected chi connectivity index (χ0v) is 20.2. The minimum absolute atomic E-state index is 0.0318. The molecule has 5 rings (SSSR count). The van der Waals surface area contributed by atoms with Crippen molar-refractivity contribution in [3.05, 3.63) is 72.4 Å². The lowest BCUT2D eigenvalue weighted by atomic mass is 10.1. The number of hydrogen-bond donors (Lipinski definition) is 1. The Bertz CT molecular complexity index is 1390. The van der Waals surface area contributed by atoms with E-state index in [0.29, 0.717) is 5.95 Å². The highest BCUT2D eigenvalue weighted by Crippen LogP contribution is 2.26. The molecule has 0 atom stereocenters. The smallest absolute Gasteiger partial charge is 0.247 e. The van der Waals surface area contributed by atoms with Gasteiger partial charge in [-0.25, -0.2) is 12.9 Å². The highest BCUT2D eigenvalue weighted by Gasteiger charge is 2.15. The molecule has 0 saturated carbocycles. The molecule has 0 unspecified atom stereocenters. The first-order valence-corrected chi connectivity index (χ1v) is 13.3. The van der Waals surface area contributed by atoms with Crippen LogP contribution in [0.4, 0.5) is 17.3 Å². The minimum atomic E-state index is -3.07. The Labute approximate surface area is 199 Å². The maximum atomic E-state index is 11.6. The van der Waals surface area contributed by atoms with Gasteiger partial charge in [-0.2, -0.15) is 4.98 Å². The first-order valence-electron chi connectivity index (χ1n) is 11.3. The number of hydrogen-bond acceptors (Lipinski definition) is 7. The van der Waals surface area contributed by atoms with Crippen LogP contribution in [0.1, 0.15) is 5.56 Å². The van der Waals surface area contributed by atoms with E-state index in [1.807, 2.05) is 42.6 Å². The SMILES string of the molecule is CN1CCN(c2ccc(Nc3nc4c(-c5ccc(CS(C)(=O)=O)cc5)cccn4n3)cc2)CC1. The second kappa shape index (κ2) is 9.08. The predicted octanol–water partition coefficient (Wildman–Crippen LogP) is 3.44. The number of benzene rings is 2. The van der Waals surface area contributed by atoms with Crippen molar-refractivity contribution in [3.8, 4) is 11.1 Å². The molecule has 0 spiro atoms. The molecule has 8 nitrogen and oxygen atoms in total. The zero-order chi connectivity index (χ0) is 23.7. The van der Waals surface area contributed by atoms with E-state index in [1.165, 1.54) is 11.9 Å². The number of piperazine rings is 1. The molecule has 1 N–H and O–H groups in total. The van der Waals surface area contributed by atoms with Gasteiger partial charge in [-0.3, -0.25) is 0 Å². The number of rotatable bonds is 6. The average molecular weight is 477 g/mol. The number of pyridine rings is 1. The number of nitrogens with one attached hydrogen (secondary N) is 1. The fourth-order valence-electron chi connectivity index (χ4n) is 4.22. The lowest BCUT2D eigenvalue weighted by Crippen LogP contribution is -2.44. The number of anilines is 3. The highest BCUT2D eigenvalue weighted by atomic mass is 32.2. The Morgan fingerprint density at radius 2 is 1.65 bits per heavy atom. The zero-order valence-electron chi connectivity index (χ0n) is 19.3. The molecule has 2 aromatic carbocycles. The number of nitrogens with zero attached hydrogens (tertiary/aromatic N) is 5. The van der Waals surface area contributed by atoms with E-state index in [0.717, 1.165) is 54.2 Å². The summed E-state index contributed by atoms with van der Waals surface area (Å²) in [4.78, 5) is 9.47. The molecule has 4 aromatic rings. The number of aromatic nitrogens is 3. The molecular weight excluding hydrogens is 448 g/mol. The molecule has 2 aromatic heterocycles. The third-order valence-corrected chi connectivity index (χ3v) is 6.91. The fraction of sp³-hybridized carbons (Fsp3) is 0.280. The van der Waals surface area contributed by atoms with Crippen molar-refractivity contribution in [2.24, 2.45) is 0 Å². The molecule has 1 saturated heterocycles. The molecule has 9 heteroatoms. The summed E-state index contributed by atoms with van der Waals surface area (Å²) in [5.41, 5.74) is 5.54. The normalized spacial score (nSPS) is 15.1. The Hall–Kier alpha value is -3.43. The maximum absolute atomic E-state index is 11.6. The molecule has 0 aliphatic carbocycles. The highest BCUT2D eigenvalue weighted by molar-refractivity contribution is 7.89. The van der Waals surface area contributed by atoms with Crippen molar-refractivity contribution < 1.29 is 8.42 Å². The van der Waals surface area contributed by atoms with E-state index >= 15 is 0 Å². The van der Waals surface area contributed by atoms with E-state index in [1.54, 1.807) is 4.52 Å². The van der Waals surface area contributed by atoms with Crippen LogP contribution in [0.2, 0.25) is 0 Å². The first-order chi connectivity index (χ1) is 16.3. The molecule has 0 radical (unpaired) electrons. The monoisotopic (exact) mass is 476 g/mol. The fourth-order valence-corrected chi connectivity index (χ4v) is 5.02. The van der Waals surface area contributed by atoms with Gasteiger partial charge in [0.15, 0.2) is 15.5 Å². The first kappa shape index (κ1) is 22.4. The van der Waals surface area contributed by atoms with Gasteiger partial charge in [0.1, 0.15) is 0 Å². The Kier molecular flexibility index (Phi) is 5.97. The van der Waals surface area contributed by atoms with E-state index < -0.39 is 9.84 Å². The summed E-state index contributed by atoms with van der Waals surface area (Å²) in [6.07, 6.45) is 3.11. The second-order valence-corrected chi connectivity index (χ2v) is 11.0. The van der Waals surface area contributed by atoms with Gasteiger partial charge in [0, 0.05) is 55.6 Å². The molecule has 0 bridgehead atoms. The maximum Gasteiger partial charge on any atom is 0.247 e. The lowest BCUT2D eigenvalue weighted by molar-refractivity contribution is 0.313. The summed E-state index contributed by atoms with van der Waals surface area (Å²) in [6.45, 7) is 4.23. The van der Waals surface area contributed by atoms with E-state index in [-0.39, 0.29) is 5.75 Å². The number of sulfone groups is 1. The van der Waals surface area contributed by atoms with Crippen molar-refractivity contribution in [2.75, 3.05) is 49.7 Å². The number of fused-ring (bicyclic) bond motifs is 1. The van der Waals surface area contributed by atoms with Crippen LogP contribution in [0.25, 0.3) is 16.8 Å². The van der Waals surface area contributed by atoms with Gasteiger partial charge < -0.3 is 15.1 Å². The van der Waals surface area contributed by atoms with E-state index in [4.69, 9.17) is 4.98 Å². The van der Waals surface area contributed by atoms with Gasteiger partial charge in [0.05, 0.1) is 5.75 Å². The Morgan fingerprint density at radius 3 is 2.32 bits per heavy atom. The van der Waals surface area contributed by atoms with Crippen LogP contribution in [-0.2, 0) is 15.6 Å². The summed E-state index contributed by atoms with van der Waals surface area (Å²) in [5.74, 6) is 0.554. The Balaban J connectivity index is 1.34. The predicted molar refractivity (Wildman–Crippen MR) is 136 cm³/mol.